The maximum Gasteiger partial charge on any atom is 0.275 e. The highest BCUT2D eigenvalue weighted by Gasteiger charge is 2.16. The maximum atomic E-state index is 12.1. The number of nitro benzene ring substituents is 1. The molecule has 2 aromatic carbocycles. The smallest absolute Gasteiger partial charge is 0.275 e. The quantitative estimate of drug-likeness (QED) is 0.398. The van der Waals surface area contributed by atoms with Gasteiger partial charge in [-0.15, -0.1) is 0 Å². The van der Waals surface area contributed by atoms with Gasteiger partial charge < -0.3 is 9.52 Å². The normalized spacial score (nSPS) is 10.5. The Kier molecular flexibility index (Phi) is 5.14. The van der Waals surface area contributed by atoms with Crippen molar-refractivity contribution in [3.05, 3.63) is 81.6 Å². The number of amides is 1. The number of hydrogen-bond acceptors (Lipinski definition) is 7. The summed E-state index contributed by atoms with van der Waals surface area (Å²) in [6.45, 7) is 0. The molecule has 28 heavy (non-hydrogen) atoms. The van der Waals surface area contributed by atoms with E-state index in [1.165, 1.54) is 6.21 Å². The van der Waals surface area contributed by atoms with E-state index in [9.17, 15) is 20.0 Å². The van der Waals surface area contributed by atoms with Gasteiger partial charge >= 0.3 is 0 Å². The number of hydrazone groups is 1. The van der Waals surface area contributed by atoms with Gasteiger partial charge in [0.15, 0.2) is 0 Å². The van der Waals surface area contributed by atoms with Gasteiger partial charge in [-0.3, -0.25) is 14.9 Å². The number of rotatable bonds is 5. The number of phenolic OH excluding ortho intramolecular Hbond substituents is 1. The number of phenols is 1. The molecule has 2 N–H and O–H groups in total. The monoisotopic (exact) mass is 376 g/mol. The van der Waals surface area contributed by atoms with Crippen LogP contribution in [0.3, 0.4) is 0 Å². The number of nitriles is 1. The van der Waals surface area contributed by atoms with Gasteiger partial charge in [0.1, 0.15) is 17.3 Å². The molecule has 0 fully saturated rings. The Morgan fingerprint density at radius 3 is 2.79 bits per heavy atom. The van der Waals surface area contributed by atoms with Crippen LogP contribution in [0.15, 0.2) is 64.1 Å². The Hall–Kier alpha value is -4.45. The highest BCUT2D eigenvalue weighted by Crippen LogP contribution is 2.25. The summed E-state index contributed by atoms with van der Waals surface area (Å²) in [5.41, 5.74) is 2.62. The fourth-order valence-corrected chi connectivity index (χ4v) is 2.40. The minimum Gasteiger partial charge on any atom is -0.507 e. The lowest BCUT2D eigenvalue weighted by Crippen LogP contribution is -2.17. The lowest BCUT2D eigenvalue weighted by atomic mass is 10.1. The van der Waals surface area contributed by atoms with E-state index in [4.69, 9.17) is 9.68 Å². The summed E-state index contributed by atoms with van der Waals surface area (Å²) >= 11 is 0. The van der Waals surface area contributed by atoms with Crippen LogP contribution in [0.4, 0.5) is 5.69 Å². The minimum atomic E-state index is -0.820. The lowest BCUT2D eigenvalue weighted by Gasteiger charge is -2.02. The maximum absolute atomic E-state index is 12.1. The predicted octanol–water partition coefficient (Wildman–Crippen LogP) is 3.20. The van der Waals surface area contributed by atoms with Crippen molar-refractivity contribution in [2.24, 2.45) is 5.10 Å². The number of benzene rings is 2. The van der Waals surface area contributed by atoms with E-state index in [0.29, 0.717) is 22.6 Å². The molecular weight excluding hydrogens is 364 g/mol. The molecule has 0 radical (unpaired) electrons. The molecule has 0 saturated heterocycles. The molecule has 138 valence electrons. The van der Waals surface area contributed by atoms with Crippen molar-refractivity contribution >= 4 is 17.8 Å². The van der Waals surface area contributed by atoms with Gasteiger partial charge in [-0.2, -0.15) is 10.4 Å². The number of carbonyl (C=O) groups is 1. The van der Waals surface area contributed by atoms with E-state index in [1.54, 1.807) is 36.4 Å². The van der Waals surface area contributed by atoms with Crippen molar-refractivity contribution in [2.45, 2.75) is 0 Å². The molecule has 0 spiro atoms. The van der Waals surface area contributed by atoms with Crippen LogP contribution in [0.25, 0.3) is 11.3 Å². The van der Waals surface area contributed by atoms with Crippen LogP contribution in [0.5, 0.6) is 5.75 Å². The summed E-state index contributed by atoms with van der Waals surface area (Å²) in [5, 5.41) is 33.3. The summed E-state index contributed by atoms with van der Waals surface area (Å²) in [5.74, 6) is -0.460. The third-order valence-electron chi connectivity index (χ3n) is 3.73. The van der Waals surface area contributed by atoms with Gasteiger partial charge in [0.05, 0.1) is 28.3 Å². The Bertz CT molecular complexity index is 1130. The van der Waals surface area contributed by atoms with Crippen LogP contribution in [0, 0.1) is 21.4 Å². The number of nitro groups is 1. The number of hydrogen-bond donors (Lipinski definition) is 2. The zero-order valence-electron chi connectivity index (χ0n) is 14.2. The van der Waals surface area contributed by atoms with E-state index < -0.39 is 16.6 Å². The number of carbonyl (C=O) groups excluding carboxylic acids is 1. The highest BCUT2D eigenvalue weighted by molar-refractivity contribution is 5.97. The molecule has 9 heteroatoms. The third-order valence-corrected chi connectivity index (χ3v) is 3.73. The van der Waals surface area contributed by atoms with Crippen molar-refractivity contribution < 1.29 is 19.2 Å². The van der Waals surface area contributed by atoms with Crippen molar-refractivity contribution in [3.8, 4) is 23.1 Å². The zero-order valence-corrected chi connectivity index (χ0v) is 14.2. The van der Waals surface area contributed by atoms with Crippen LogP contribution in [-0.4, -0.2) is 22.2 Å². The molecule has 1 amide bonds. The summed E-state index contributed by atoms with van der Waals surface area (Å²) in [7, 11) is 0. The van der Waals surface area contributed by atoms with Crippen molar-refractivity contribution in [3.63, 3.8) is 0 Å². The van der Waals surface area contributed by atoms with Crippen LogP contribution in [-0.2, 0) is 0 Å². The second-order valence-electron chi connectivity index (χ2n) is 5.52. The first-order valence-corrected chi connectivity index (χ1v) is 7.89. The lowest BCUT2D eigenvalue weighted by molar-refractivity contribution is -0.384. The summed E-state index contributed by atoms with van der Waals surface area (Å²) in [6, 6.07) is 15.3. The van der Waals surface area contributed by atoms with Gasteiger partial charge in [-0.25, -0.2) is 5.43 Å². The topological polar surface area (TPSA) is 142 Å². The van der Waals surface area contributed by atoms with E-state index in [0.717, 1.165) is 18.2 Å². The molecule has 0 unspecified atom stereocenters. The minimum absolute atomic E-state index is 0.283. The first kappa shape index (κ1) is 18.3. The summed E-state index contributed by atoms with van der Waals surface area (Å²) < 4.78 is 5.58. The standard InChI is InChI=1S/C19H12N4O5/c20-10-12-3-1-2-4-15(12)18-8-6-14(28-18)11-21-22-19(25)16-9-13(23(26)27)5-7-17(16)24/h1-9,11,24H,(H,22,25)/b21-11-. The highest BCUT2D eigenvalue weighted by atomic mass is 16.6. The number of nitrogens with one attached hydrogen (secondary N) is 1. The van der Waals surface area contributed by atoms with E-state index >= 15 is 0 Å². The van der Waals surface area contributed by atoms with Crippen molar-refractivity contribution in [2.75, 3.05) is 0 Å². The van der Waals surface area contributed by atoms with E-state index in [-0.39, 0.29) is 11.3 Å². The van der Waals surface area contributed by atoms with Crippen LogP contribution < -0.4 is 5.43 Å². The zero-order chi connectivity index (χ0) is 20.1. The van der Waals surface area contributed by atoms with Gasteiger partial charge in [0.2, 0.25) is 0 Å². The molecule has 0 aliphatic carbocycles. The first-order chi connectivity index (χ1) is 13.5. The van der Waals surface area contributed by atoms with Gasteiger partial charge in [0.25, 0.3) is 11.6 Å². The molecule has 9 nitrogen and oxygen atoms in total. The number of aromatic hydroxyl groups is 1. The first-order valence-electron chi connectivity index (χ1n) is 7.89. The molecule has 0 saturated carbocycles. The Balaban J connectivity index is 1.73. The molecular formula is C19H12N4O5. The number of furan rings is 1. The molecule has 0 aliphatic rings. The molecule has 1 aromatic heterocycles. The molecule has 0 atom stereocenters. The fraction of sp³-hybridized carbons (Fsp3) is 0. The largest absolute Gasteiger partial charge is 0.507 e. The molecule has 3 aromatic rings. The molecule has 1 heterocycles. The van der Waals surface area contributed by atoms with Crippen LogP contribution in [0.1, 0.15) is 21.7 Å². The second-order valence-corrected chi connectivity index (χ2v) is 5.52. The number of non-ortho nitro benzene ring substituents is 1. The number of nitrogens with zero attached hydrogens (tertiary/aromatic N) is 3. The average Bonchev–Trinajstić information content (AvgIpc) is 3.16. The van der Waals surface area contributed by atoms with Gasteiger partial charge in [-0.05, 0) is 30.3 Å². The SMILES string of the molecule is N#Cc1ccccc1-c1ccc(/C=N\NC(=O)c2cc([N+](=O)[O-])ccc2O)o1. The van der Waals surface area contributed by atoms with E-state index in [1.807, 2.05) is 0 Å². The summed E-state index contributed by atoms with van der Waals surface area (Å²) in [6.07, 6.45) is 1.23. The molecule has 0 bridgehead atoms. The Morgan fingerprint density at radius 2 is 2.04 bits per heavy atom. The van der Waals surface area contributed by atoms with Gasteiger partial charge in [0, 0.05) is 17.7 Å². The predicted molar refractivity (Wildman–Crippen MR) is 98.7 cm³/mol. The average molecular weight is 376 g/mol. The van der Waals surface area contributed by atoms with Crippen molar-refractivity contribution in [1.29, 1.82) is 5.26 Å². The summed E-state index contributed by atoms with van der Waals surface area (Å²) in [4.78, 5) is 22.2. The van der Waals surface area contributed by atoms with Crippen LogP contribution >= 0.6 is 0 Å². The third kappa shape index (κ3) is 3.86. The molecule has 3 rings (SSSR count). The molecule has 0 aliphatic heterocycles. The van der Waals surface area contributed by atoms with Gasteiger partial charge in [-0.1, -0.05) is 12.1 Å². The van der Waals surface area contributed by atoms with E-state index in [2.05, 4.69) is 16.6 Å². The Labute approximate surface area is 158 Å². The Morgan fingerprint density at radius 1 is 1.25 bits per heavy atom. The second kappa shape index (κ2) is 7.84. The van der Waals surface area contributed by atoms with Crippen molar-refractivity contribution in [1.82, 2.24) is 5.43 Å². The fourth-order valence-electron chi connectivity index (χ4n) is 2.40. The van der Waals surface area contributed by atoms with Crippen LogP contribution in [0.2, 0.25) is 0 Å².